The topological polar surface area (TPSA) is 102 Å². The van der Waals surface area contributed by atoms with Gasteiger partial charge in [-0.15, -0.1) is 0 Å². The molecule has 7 nitrogen and oxygen atoms in total. The largest absolute Gasteiger partial charge is 0.433 e. The van der Waals surface area contributed by atoms with E-state index in [9.17, 15) is 27.2 Å². The second kappa shape index (κ2) is 7.20. The quantitative estimate of drug-likeness (QED) is 0.472. The van der Waals surface area contributed by atoms with Gasteiger partial charge in [0.25, 0.3) is 5.56 Å². The van der Waals surface area contributed by atoms with Gasteiger partial charge in [0, 0.05) is 5.56 Å². The molecule has 0 atom stereocenters. The maximum absolute atomic E-state index is 14.2. The Morgan fingerprint density at radius 1 is 1.38 bits per heavy atom. The molecule has 0 aliphatic rings. The zero-order valence-electron chi connectivity index (χ0n) is 13.0. The third-order valence-electron chi connectivity index (χ3n) is 3.12. The van der Waals surface area contributed by atoms with Crippen LogP contribution in [0.2, 0.25) is 5.02 Å². The molecule has 0 unspecified atom stereocenters. The van der Waals surface area contributed by atoms with E-state index in [-0.39, 0.29) is 21.8 Å². The number of anilines is 1. The van der Waals surface area contributed by atoms with Crippen LogP contribution in [0.1, 0.15) is 18.2 Å². The average molecular weight is 395 g/mol. The molecule has 1 aromatic carbocycles. The van der Waals surface area contributed by atoms with Crippen LogP contribution in [0.25, 0.3) is 5.69 Å². The molecule has 0 aliphatic carbocycles. The van der Waals surface area contributed by atoms with E-state index in [4.69, 9.17) is 22.2 Å². The number of alkyl halides is 3. The third-order valence-corrected chi connectivity index (χ3v) is 3.45. The van der Waals surface area contributed by atoms with Crippen LogP contribution < -0.4 is 17.0 Å². The zero-order valence-corrected chi connectivity index (χ0v) is 13.8. The molecule has 0 radical (unpaired) electrons. The molecule has 2 aromatic rings. The molecule has 140 valence electrons. The van der Waals surface area contributed by atoms with Crippen molar-refractivity contribution in [2.24, 2.45) is 5.16 Å². The monoisotopic (exact) mass is 394 g/mol. The van der Waals surface area contributed by atoms with Crippen LogP contribution in [0.4, 0.5) is 23.2 Å². The maximum Gasteiger partial charge on any atom is 0.433 e. The number of halogens is 5. The number of aromatic amines is 1. The Morgan fingerprint density at radius 2 is 2.04 bits per heavy atom. The van der Waals surface area contributed by atoms with E-state index in [0.717, 1.165) is 18.3 Å². The molecule has 0 saturated heterocycles. The van der Waals surface area contributed by atoms with E-state index in [1.807, 2.05) is 0 Å². The smallest absolute Gasteiger partial charge is 0.396 e. The van der Waals surface area contributed by atoms with Crippen molar-refractivity contribution in [3.63, 3.8) is 0 Å². The number of rotatable bonds is 4. The van der Waals surface area contributed by atoms with Gasteiger partial charge in [0.1, 0.15) is 18.1 Å². The lowest BCUT2D eigenvalue weighted by atomic mass is 10.2. The zero-order chi connectivity index (χ0) is 19.6. The minimum Gasteiger partial charge on any atom is -0.396 e. The van der Waals surface area contributed by atoms with Gasteiger partial charge in [-0.2, -0.15) is 13.2 Å². The van der Waals surface area contributed by atoms with Crippen molar-refractivity contribution in [3.05, 3.63) is 55.1 Å². The summed E-state index contributed by atoms with van der Waals surface area (Å²) in [6, 6.07) is 1.72. The van der Waals surface area contributed by atoms with E-state index in [1.54, 1.807) is 6.92 Å². The third kappa shape index (κ3) is 3.72. The Bertz CT molecular complexity index is 982. The van der Waals surface area contributed by atoms with Crippen molar-refractivity contribution in [3.8, 4) is 5.69 Å². The minimum atomic E-state index is -5.06. The first kappa shape index (κ1) is 19.5. The lowest BCUT2D eigenvalue weighted by molar-refractivity contribution is -0.140. The van der Waals surface area contributed by atoms with Gasteiger partial charge >= 0.3 is 11.9 Å². The number of nitrogens with zero attached hydrogens (tertiary/aromatic N) is 2. The molecule has 2 rings (SSSR count). The standard InChI is InChI=1S/C14H11ClF4N4O3/c1-2-26-21-5-6-3-9(8(16)4-7(6)15)23-12(24)10(20)11(14(17,18)19)22-13(23)25/h3-5H,2,20H2,1H3,(H,22,25). The number of hydrogen-bond donors (Lipinski definition) is 2. The summed E-state index contributed by atoms with van der Waals surface area (Å²) >= 11 is 5.83. The highest BCUT2D eigenvalue weighted by Gasteiger charge is 2.36. The number of H-pyrrole nitrogens is 1. The van der Waals surface area contributed by atoms with Gasteiger partial charge in [-0.25, -0.2) is 13.8 Å². The number of nitrogens with two attached hydrogens (primary N) is 1. The van der Waals surface area contributed by atoms with Crippen molar-refractivity contribution < 1.29 is 22.4 Å². The highest BCUT2D eigenvalue weighted by Crippen LogP contribution is 2.29. The fourth-order valence-electron chi connectivity index (χ4n) is 1.98. The van der Waals surface area contributed by atoms with Crippen molar-refractivity contribution in [2.75, 3.05) is 12.3 Å². The Balaban J connectivity index is 2.73. The molecule has 0 amide bonds. The Morgan fingerprint density at radius 3 is 2.62 bits per heavy atom. The highest BCUT2D eigenvalue weighted by molar-refractivity contribution is 6.33. The second-order valence-electron chi connectivity index (χ2n) is 4.83. The first-order valence-electron chi connectivity index (χ1n) is 6.94. The van der Waals surface area contributed by atoms with Crippen molar-refractivity contribution in [1.82, 2.24) is 9.55 Å². The van der Waals surface area contributed by atoms with E-state index in [1.165, 1.54) is 4.98 Å². The van der Waals surface area contributed by atoms with Crippen molar-refractivity contribution in [2.45, 2.75) is 13.1 Å². The Hall–Kier alpha value is -2.82. The van der Waals surface area contributed by atoms with Crippen LogP contribution in [0.5, 0.6) is 0 Å². The molecule has 0 fully saturated rings. The van der Waals surface area contributed by atoms with Crippen LogP contribution >= 0.6 is 11.6 Å². The fourth-order valence-corrected chi connectivity index (χ4v) is 2.18. The Kier molecular flexibility index (Phi) is 5.40. The predicted octanol–water partition coefficient (Wildman–Crippen LogP) is 2.29. The van der Waals surface area contributed by atoms with Crippen molar-refractivity contribution >= 4 is 23.5 Å². The molecule has 0 spiro atoms. The lowest BCUT2D eigenvalue weighted by Gasteiger charge is -2.13. The molecule has 0 bridgehead atoms. The van der Waals surface area contributed by atoms with Gasteiger partial charge in [-0.3, -0.25) is 4.79 Å². The molecule has 3 N–H and O–H groups in total. The second-order valence-corrected chi connectivity index (χ2v) is 5.24. The van der Waals surface area contributed by atoms with Gasteiger partial charge in [0.05, 0.1) is 16.9 Å². The SMILES string of the molecule is CCON=Cc1cc(-n2c(=O)[nH]c(C(F)(F)F)c(N)c2=O)c(F)cc1Cl. The number of aromatic nitrogens is 2. The molecule has 0 aliphatic heterocycles. The summed E-state index contributed by atoms with van der Waals surface area (Å²) in [7, 11) is 0. The Labute approximate surface area is 147 Å². The van der Waals surface area contributed by atoms with Crippen LogP contribution in [-0.2, 0) is 11.0 Å². The molecule has 0 saturated carbocycles. The van der Waals surface area contributed by atoms with E-state index in [0.29, 0.717) is 0 Å². The molecule has 12 heteroatoms. The summed E-state index contributed by atoms with van der Waals surface area (Å²) in [5, 5.41) is 3.39. The molecular formula is C14H11ClF4N4O3. The van der Waals surface area contributed by atoms with Gasteiger partial charge in [-0.05, 0) is 19.1 Å². The number of nitrogens with one attached hydrogen (secondary N) is 1. The summed E-state index contributed by atoms with van der Waals surface area (Å²) in [5.74, 6) is -1.13. The normalized spacial score (nSPS) is 11.9. The number of oxime groups is 1. The summed E-state index contributed by atoms with van der Waals surface area (Å²) < 4.78 is 52.7. The first-order chi connectivity index (χ1) is 12.1. The van der Waals surface area contributed by atoms with E-state index in [2.05, 4.69) is 5.16 Å². The summed E-state index contributed by atoms with van der Waals surface area (Å²) in [4.78, 5) is 30.2. The lowest BCUT2D eigenvalue weighted by Crippen LogP contribution is -2.38. The summed E-state index contributed by atoms with van der Waals surface area (Å²) in [6.45, 7) is 1.88. The molecule has 26 heavy (non-hydrogen) atoms. The highest BCUT2D eigenvalue weighted by atomic mass is 35.5. The summed E-state index contributed by atoms with van der Waals surface area (Å²) in [5.41, 5.74) is -1.47. The van der Waals surface area contributed by atoms with Gasteiger partial charge < -0.3 is 15.6 Å². The number of nitrogen functional groups attached to an aromatic ring is 1. The minimum absolute atomic E-state index is 0.0567. The van der Waals surface area contributed by atoms with Gasteiger partial charge in [-0.1, -0.05) is 16.8 Å². The van der Waals surface area contributed by atoms with E-state index >= 15 is 0 Å². The molecule has 1 aromatic heterocycles. The fraction of sp³-hybridized carbons (Fsp3) is 0.214. The first-order valence-corrected chi connectivity index (χ1v) is 7.32. The van der Waals surface area contributed by atoms with Crippen molar-refractivity contribution in [1.29, 1.82) is 0 Å². The van der Waals surface area contributed by atoms with E-state index < -0.39 is 40.3 Å². The molecular weight excluding hydrogens is 384 g/mol. The van der Waals surface area contributed by atoms with Gasteiger partial charge in [0.15, 0.2) is 5.69 Å². The van der Waals surface area contributed by atoms with Crippen LogP contribution in [0, 0.1) is 5.82 Å². The van der Waals surface area contributed by atoms with Gasteiger partial charge in [0.2, 0.25) is 0 Å². The number of hydrogen-bond acceptors (Lipinski definition) is 5. The summed E-state index contributed by atoms with van der Waals surface area (Å²) in [6.07, 6.45) is -3.98. The average Bonchev–Trinajstić information content (AvgIpc) is 2.53. The van der Waals surface area contributed by atoms with Crippen LogP contribution in [0.15, 0.2) is 26.9 Å². The molecule has 1 heterocycles. The maximum atomic E-state index is 14.2. The number of benzene rings is 1. The van der Waals surface area contributed by atoms with Crippen LogP contribution in [0.3, 0.4) is 0 Å². The van der Waals surface area contributed by atoms with Crippen LogP contribution in [-0.4, -0.2) is 22.4 Å². The predicted molar refractivity (Wildman–Crippen MR) is 86.3 cm³/mol.